The lowest BCUT2D eigenvalue weighted by Gasteiger charge is -2.16. The molecular weight excluding hydrogens is 328 g/mol. The van der Waals surface area contributed by atoms with Crippen molar-refractivity contribution in [3.05, 3.63) is 15.0 Å². The van der Waals surface area contributed by atoms with Gasteiger partial charge in [-0.3, -0.25) is 4.18 Å². The van der Waals surface area contributed by atoms with Crippen LogP contribution in [0.2, 0.25) is 4.47 Å². The van der Waals surface area contributed by atoms with Gasteiger partial charge in [-0.25, -0.2) is 4.98 Å². The highest BCUT2D eigenvalue weighted by molar-refractivity contribution is 7.84. The van der Waals surface area contributed by atoms with Crippen molar-refractivity contribution in [1.29, 1.82) is 0 Å². The molecular formula is C10H15ClN2O5S2. The minimum Gasteiger partial charge on any atom is -0.337 e. The molecule has 0 spiro atoms. The highest BCUT2D eigenvalue weighted by Gasteiger charge is 2.45. The molecule has 20 heavy (non-hydrogen) atoms. The summed E-state index contributed by atoms with van der Waals surface area (Å²) in [6, 6.07) is 0. The second-order valence-electron chi connectivity index (χ2n) is 4.63. The van der Waals surface area contributed by atoms with Gasteiger partial charge in [0.05, 0.1) is 17.7 Å². The van der Waals surface area contributed by atoms with Crippen molar-refractivity contribution in [2.45, 2.75) is 38.9 Å². The molecule has 1 saturated heterocycles. The van der Waals surface area contributed by atoms with E-state index in [1.165, 1.54) is 11.3 Å². The first-order valence-electron chi connectivity index (χ1n) is 5.70. The van der Waals surface area contributed by atoms with Crippen molar-refractivity contribution in [3.63, 3.8) is 0 Å². The Hall–Kier alpha value is -0.290. The van der Waals surface area contributed by atoms with Crippen LogP contribution in [-0.2, 0) is 24.0 Å². The van der Waals surface area contributed by atoms with Crippen molar-refractivity contribution in [2.75, 3.05) is 7.11 Å². The molecule has 1 aliphatic rings. The van der Waals surface area contributed by atoms with Gasteiger partial charge in [-0.2, -0.15) is 13.1 Å². The Bertz CT molecular complexity index is 601. The van der Waals surface area contributed by atoms with E-state index in [0.717, 1.165) is 7.11 Å². The fourth-order valence-corrected chi connectivity index (χ4v) is 3.64. The Labute approximate surface area is 126 Å². The van der Waals surface area contributed by atoms with Crippen LogP contribution >= 0.6 is 22.9 Å². The Kier molecular flexibility index (Phi) is 4.41. The Morgan fingerprint density at radius 2 is 2.10 bits per heavy atom. The Morgan fingerprint density at radius 1 is 1.45 bits per heavy atom. The third-order valence-electron chi connectivity index (χ3n) is 2.64. The lowest BCUT2D eigenvalue weighted by Crippen LogP contribution is -2.39. The maximum absolute atomic E-state index is 11.5. The standard InChI is InChI=1S/C10H15ClN2O5S2/c1-5-7(19-9(11)12-5)6-8(13-20(14,15)16-4)18-10(2,3)17-6/h6,8,13H,1-4H3/t6-,8-/m1/s1. The second kappa shape index (κ2) is 5.48. The van der Waals surface area contributed by atoms with Crippen molar-refractivity contribution in [1.82, 2.24) is 9.71 Å². The van der Waals surface area contributed by atoms with Crippen LogP contribution in [0.4, 0.5) is 0 Å². The zero-order valence-corrected chi connectivity index (χ0v) is 13.7. The summed E-state index contributed by atoms with van der Waals surface area (Å²) < 4.78 is 41.4. The number of aromatic nitrogens is 1. The molecule has 1 aromatic rings. The number of nitrogens with zero attached hydrogens (tertiary/aromatic N) is 1. The van der Waals surface area contributed by atoms with Gasteiger partial charge in [0.2, 0.25) is 0 Å². The third kappa shape index (κ3) is 3.48. The molecule has 0 aromatic carbocycles. The third-order valence-corrected chi connectivity index (χ3v) is 4.92. The Morgan fingerprint density at radius 3 is 2.60 bits per heavy atom. The number of hydrogen-bond donors (Lipinski definition) is 1. The molecule has 7 nitrogen and oxygen atoms in total. The number of ether oxygens (including phenoxy) is 2. The van der Waals surface area contributed by atoms with Gasteiger partial charge in [0.15, 0.2) is 16.5 Å². The van der Waals surface area contributed by atoms with Crippen molar-refractivity contribution >= 4 is 33.2 Å². The van der Waals surface area contributed by atoms with E-state index in [-0.39, 0.29) is 0 Å². The molecule has 2 atom stereocenters. The van der Waals surface area contributed by atoms with Gasteiger partial charge in [0.1, 0.15) is 6.10 Å². The molecule has 0 radical (unpaired) electrons. The van der Waals surface area contributed by atoms with Crippen LogP contribution in [0.15, 0.2) is 0 Å². The highest BCUT2D eigenvalue weighted by atomic mass is 35.5. The van der Waals surface area contributed by atoms with Gasteiger partial charge in [0.25, 0.3) is 0 Å². The average Bonchev–Trinajstić information content (AvgIpc) is 2.77. The number of rotatable bonds is 4. The van der Waals surface area contributed by atoms with Gasteiger partial charge in [0, 0.05) is 0 Å². The number of aryl methyl sites for hydroxylation is 1. The van der Waals surface area contributed by atoms with E-state index in [1.807, 2.05) is 0 Å². The molecule has 1 aliphatic heterocycles. The van der Waals surface area contributed by atoms with E-state index < -0.39 is 28.4 Å². The minimum absolute atomic E-state index is 0.360. The first-order chi connectivity index (χ1) is 9.13. The van der Waals surface area contributed by atoms with Gasteiger partial charge < -0.3 is 9.47 Å². The zero-order chi connectivity index (χ0) is 15.1. The van der Waals surface area contributed by atoms with Gasteiger partial charge >= 0.3 is 10.3 Å². The largest absolute Gasteiger partial charge is 0.337 e. The summed E-state index contributed by atoms with van der Waals surface area (Å²) in [5.74, 6) is -0.936. The lowest BCUT2D eigenvalue weighted by molar-refractivity contribution is -0.147. The van der Waals surface area contributed by atoms with Crippen molar-refractivity contribution in [2.24, 2.45) is 0 Å². The molecule has 0 unspecified atom stereocenters. The van der Waals surface area contributed by atoms with Crippen LogP contribution in [0.1, 0.15) is 30.5 Å². The van der Waals surface area contributed by atoms with E-state index in [2.05, 4.69) is 13.9 Å². The maximum Gasteiger partial charge on any atom is 0.337 e. The molecule has 0 saturated carbocycles. The predicted octanol–water partition coefficient (Wildman–Crippen LogP) is 1.74. The molecule has 114 valence electrons. The zero-order valence-electron chi connectivity index (χ0n) is 11.3. The number of thiazole rings is 1. The Balaban J connectivity index is 2.31. The molecule has 1 fully saturated rings. The fraction of sp³-hybridized carbons (Fsp3) is 0.700. The predicted molar refractivity (Wildman–Crippen MR) is 73.7 cm³/mol. The highest BCUT2D eigenvalue weighted by Crippen LogP contribution is 2.41. The number of hydrogen-bond acceptors (Lipinski definition) is 7. The minimum atomic E-state index is -3.90. The SMILES string of the molecule is COS(=O)(=O)N[C@@H]1OC(C)(C)O[C@@H]1c1sc(Cl)nc1C. The van der Waals surface area contributed by atoms with Crippen LogP contribution < -0.4 is 4.72 Å². The summed E-state index contributed by atoms with van der Waals surface area (Å²) in [6.07, 6.45) is -1.55. The molecule has 2 rings (SSSR count). The van der Waals surface area contributed by atoms with Crippen LogP contribution in [-0.4, -0.2) is 32.5 Å². The summed E-state index contributed by atoms with van der Waals surface area (Å²) >= 11 is 7.09. The number of nitrogens with one attached hydrogen (secondary N) is 1. The van der Waals surface area contributed by atoms with Gasteiger partial charge in [-0.15, -0.1) is 11.3 Å². The topological polar surface area (TPSA) is 86.8 Å². The van der Waals surface area contributed by atoms with Crippen molar-refractivity contribution < 1.29 is 22.1 Å². The number of halogens is 1. The lowest BCUT2D eigenvalue weighted by atomic mass is 10.2. The molecule has 0 amide bonds. The molecule has 10 heteroatoms. The van der Waals surface area contributed by atoms with Crippen LogP contribution in [0, 0.1) is 6.92 Å². The van der Waals surface area contributed by atoms with Crippen LogP contribution in [0.5, 0.6) is 0 Å². The first kappa shape index (κ1) is 16.1. The van der Waals surface area contributed by atoms with Crippen LogP contribution in [0.25, 0.3) is 0 Å². The van der Waals surface area contributed by atoms with Gasteiger partial charge in [-0.05, 0) is 20.8 Å². The fourth-order valence-electron chi connectivity index (χ4n) is 1.87. The molecule has 1 aromatic heterocycles. The van der Waals surface area contributed by atoms with E-state index in [4.69, 9.17) is 21.1 Å². The molecule has 2 heterocycles. The quantitative estimate of drug-likeness (QED) is 0.896. The van der Waals surface area contributed by atoms with E-state index in [0.29, 0.717) is 15.0 Å². The monoisotopic (exact) mass is 342 g/mol. The van der Waals surface area contributed by atoms with E-state index in [1.54, 1.807) is 20.8 Å². The molecule has 0 bridgehead atoms. The van der Waals surface area contributed by atoms with Crippen LogP contribution in [0.3, 0.4) is 0 Å². The molecule has 1 N–H and O–H groups in total. The average molecular weight is 343 g/mol. The summed E-state index contributed by atoms with van der Waals surface area (Å²) in [6.45, 7) is 5.16. The van der Waals surface area contributed by atoms with E-state index in [9.17, 15) is 8.42 Å². The summed E-state index contributed by atoms with van der Waals surface area (Å²) in [5.41, 5.74) is 0.674. The summed E-state index contributed by atoms with van der Waals surface area (Å²) in [7, 11) is -2.84. The summed E-state index contributed by atoms with van der Waals surface area (Å²) in [4.78, 5) is 4.81. The first-order valence-corrected chi connectivity index (χ1v) is 8.30. The maximum atomic E-state index is 11.5. The molecule has 0 aliphatic carbocycles. The van der Waals surface area contributed by atoms with Gasteiger partial charge in [-0.1, -0.05) is 11.6 Å². The summed E-state index contributed by atoms with van der Waals surface area (Å²) in [5, 5.41) is 0. The van der Waals surface area contributed by atoms with E-state index >= 15 is 0 Å². The van der Waals surface area contributed by atoms with Crippen molar-refractivity contribution in [3.8, 4) is 0 Å². The normalized spacial score (nSPS) is 26.1. The second-order valence-corrected chi connectivity index (χ2v) is 7.72. The smallest absolute Gasteiger partial charge is 0.337 e.